The van der Waals surface area contributed by atoms with Gasteiger partial charge >= 0.3 is 5.97 Å². The molecule has 242 valence electrons. The minimum Gasteiger partial charge on any atom is -0.493 e. The van der Waals surface area contributed by atoms with Crippen molar-refractivity contribution >= 4 is 11.7 Å². The first kappa shape index (κ1) is 32.9. The minimum atomic E-state index is -1.18. The molecule has 45 heavy (non-hydrogen) atoms. The summed E-state index contributed by atoms with van der Waals surface area (Å²) < 4.78 is 31.5. The maximum absolute atomic E-state index is 13.3. The van der Waals surface area contributed by atoms with Crippen LogP contribution in [-0.2, 0) is 27.3 Å². The van der Waals surface area contributed by atoms with Crippen LogP contribution >= 0.6 is 0 Å². The molecule has 1 aliphatic carbocycles. The van der Waals surface area contributed by atoms with E-state index in [1.807, 2.05) is 58.9 Å². The van der Waals surface area contributed by atoms with Crippen molar-refractivity contribution in [2.24, 2.45) is 5.41 Å². The van der Waals surface area contributed by atoms with Gasteiger partial charge in [-0.3, -0.25) is 4.98 Å². The van der Waals surface area contributed by atoms with E-state index in [2.05, 4.69) is 4.90 Å². The molecule has 1 saturated carbocycles. The third-order valence-corrected chi connectivity index (χ3v) is 9.14. The SMILES string of the molecule is CCOCc1nc(C)c(C(OC(C)(C)C)C(=O)O)c(N2CCC3(CCC3)CC2)c1-c1ccc(OCCc2ccc(F)cc2)cc1. The van der Waals surface area contributed by atoms with E-state index in [9.17, 15) is 14.3 Å². The molecule has 1 saturated heterocycles. The molecule has 3 aromatic rings. The number of anilines is 1. The first-order valence-corrected chi connectivity index (χ1v) is 16.2. The zero-order chi connectivity index (χ0) is 32.2. The van der Waals surface area contributed by atoms with Gasteiger partial charge in [0.1, 0.15) is 11.6 Å². The number of aliphatic carboxylic acids is 1. The molecule has 5 rings (SSSR count). The number of hydrogen-bond donors (Lipinski definition) is 1. The molecule has 1 unspecified atom stereocenters. The van der Waals surface area contributed by atoms with Crippen LogP contribution < -0.4 is 9.64 Å². The number of carboxylic acid groups (broad SMARTS) is 1. The van der Waals surface area contributed by atoms with Gasteiger partial charge in [0.15, 0.2) is 6.10 Å². The first-order chi connectivity index (χ1) is 21.5. The van der Waals surface area contributed by atoms with E-state index < -0.39 is 17.7 Å². The van der Waals surface area contributed by atoms with Crippen LogP contribution in [0, 0.1) is 18.2 Å². The lowest BCUT2D eigenvalue weighted by Crippen LogP contribution is -2.44. The number of aromatic nitrogens is 1. The van der Waals surface area contributed by atoms with Crippen LogP contribution in [0.25, 0.3) is 11.1 Å². The average molecular weight is 619 g/mol. The Hall–Kier alpha value is -3.49. The number of aryl methyl sites for hydroxylation is 1. The van der Waals surface area contributed by atoms with Gasteiger partial charge in [0.25, 0.3) is 0 Å². The Labute approximate surface area is 266 Å². The Balaban J connectivity index is 1.55. The molecule has 2 aromatic carbocycles. The zero-order valence-corrected chi connectivity index (χ0v) is 27.3. The fourth-order valence-corrected chi connectivity index (χ4v) is 6.63. The Morgan fingerprint density at radius 3 is 2.27 bits per heavy atom. The van der Waals surface area contributed by atoms with Crippen LogP contribution in [-0.4, -0.2) is 48.0 Å². The van der Waals surface area contributed by atoms with Gasteiger partial charge in [-0.25, -0.2) is 9.18 Å². The Morgan fingerprint density at radius 1 is 1.04 bits per heavy atom. The van der Waals surface area contributed by atoms with Crippen LogP contribution in [0.3, 0.4) is 0 Å². The molecule has 1 N–H and O–H groups in total. The summed E-state index contributed by atoms with van der Waals surface area (Å²) in [6.45, 7) is 12.5. The molecule has 2 fully saturated rings. The number of benzene rings is 2. The van der Waals surface area contributed by atoms with E-state index in [1.165, 1.54) is 31.4 Å². The molecular weight excluding hydrogens is 571 g/mol. The van der Waals surface area contributed by atoms with Gasteiger partial charge in [-0.1, -0.05) is 30.7 Å². The molecule has 0 amide bonds. The highest BCUT2D eigenvalue weighted by molar-refractivity contribution is 5.88. The largest absolute Gasteiger partial charge is 0.493 e. The highest BCUT2D eigenvalue weighted by atomic mass is 19.1. The maximum Gasteiger partial charge on any atom is 0.337 e. The average Bonchev–Trinajstić information content (AvgIpc) is 2.99. The van der Waals surface area contributed by atoms with Gasteiger partial charge in [0, 0.05) is 42.9 Å². The summed E-state index contributed by atoms with van der Waals surface area (Å²) in [5.41, 5.74) is 5.47. The molecule has 0 radical (unpaired) electrons. The van der Waals surface area contributed by atoms with Crippen molar-refractivity contribution in [3.63, 3.8) is 0 Å². The molecule has 1 atom stereocenters. The van der Waals surface area contributed by atoms with Crippen LogP contribution in [0.15, 0.2) is 48.5 Å². The van der Waals surface area contributed by atoms with Crippen molar-refractivity contribution in [1.82, 2.24) is 4.98 Å². The van der Waals surface area contributed by atoms with Gasteiger partial charge in [-0.15, -0.1) is 0 Å². The molecule has 2 aliphatic rings. The van der Waals surface area contributed by atoms with Gasteiger partial charge < -0.3 is 24.2 Å². The summed E-state index contributed by atoms with van der Waals surface area (Å²) in [4.78, 5) is 20.2. The molecule has 1 aromatic heterocycles. The van der Waals surface area contributed by atoms with Crippen LogP contribution in [0.5, 0.6) is 5.75 Å². The van der Waals surface area contributed by atoms with E-state index in [0.717, 1.165) is 59.8 Å². The monoisotopic (exact) mass is 618 g/mol. The van der Waals surface area contributed by atoms with Crippen LogP contribution in [0.2, 0.25) is 0 Å². The third kappa shape index (κ3) is 7.85. The molecule has 1 aliphatic heterocycles. The lowest BCUT2D eigenvalue weighted by atomic mass is 9.63. The number of carbonyl (C=O) groups is 1. The highest BCUT2D eigenvalue weighted by Gasteiger charge is 2.42. The molecule has 7 nitrogen and oxygen atoms in total. The van der Waals surface area contributed by atoms with E-state index in [0.29, 0.717) is 42.9 Å². The van der Waals surface area contributed by atoms with E-state index in [1.54, 1.807) is 12.1 Å². The smallest absolute Gasteiger partial charge is 0.337 e. The summed E-state index contributed by atoms with van der Waals surface area (Å²) in [5.74, 6) is -0.561. The second-order valence-electron chi connectivity index (χ2n) is 13.5. The number of hydrogen-bond acceptors (Lipinski definition) is 6. The van der Waals surface area contributed by atoms with E-state index in [4.69, 9.17) is 19.2 Å². The summed E-state index contributed by atoms with van der Waals surface area (Å²) in [6.07, 6.45) is 5.51. The number of pyridine rings is 1. The second-order valence-corrected chi connectivity index (χ2v) is 13.5. The molecule has 1 spiro atoms. The van der Waals surface area contributed by atoms with Crippen molar-refractivity contribution in [2.75, 3.05) is 31.2 Å². The number of halogens is 1. The molecule has 0 bridgehead atoms. The number of rotatable bonds is 12. The maximum atomic E-state index is 13.3. The van der Waals surface area contributed by atoms with Crippen molar-refractivity contribution < 1.29 is 28.5 Å². The predicted molar refractivity (Wildman–Crippen MR) is 174 cm³/mol. The molecule has 8 heteroatoms. The lowest BCUT2D eigenvalue weighted by Gasteiger charge is -2.49. The quantitative estimate of drug-likeness (QED) is 0.220. The van der Waals surface area contributed by atoms with Gasteiger partial charge in [-0.05, 0) is 101 Å². The fourth-order valence-electron chi connectivity index (χ4n) is 6.63. The summed E-state index contributed by atoms with van der Waals surface area (Å²) >= 11 is 0. The zero-order valence-electron chi connectivity index (χ0n) is 27.3. The Bertz CT molecular complexity index is 1450. The minimum absolute atomic E-state index is 0.251. The molecular formula is C37H47FN2O5. The second kappa shape index (κ2) is 13.9. The standard InChI is InChI=1S/C37H47FN2O5/c1-6-43-24-30-32(27-10-14-29(15-11-27)44-23-16-26-8-12-28(38)13-9-26)33(40-21-19-37(20-22-40)17-7-18-37)31(25(2)39-30)34(35(41)42)45-36(3,4)5/h8-15,34H,6-7,16-24H2,1-5H3,(H,41,42). The van der Waals surface area contributed by atoms with E-state index >= 15 is 0 Å². The predicted octanol–water partition coefficient (Wildman–Crippen LogP) is 8.07. The first-order valence-electron chi connectivity index (χ1n) is 16.2. The number of carboxylic acids is 1. The van der Waals surface area contributed by atoms with Crippen molar-refractivity contribution in [2.45, 2.75) is 91.5 Å². The van der Waals surface area contributed by atoms with Crippen LogP contribution in [0.4, 0.5) is 10.1 Å². The number of piperidine rings is 1. The summed E-state index contributed by atoms with van der Waals surface area (Å²) in [5, 5.41) is 10.5. The number of ether oxygens (including phenoxy) is 3. The third-order valence-electron chi connectivity index (χ3n) is 9.14. The van der Waals surface area contributed by atoms with Crippen LogP contribution in [0.1, 0.15) is 88.4 Å². The topological polar surface area (TPSA) is 81.1 Å². The Kier molecular flexibility index (Phi) is 10.1. The summed E-state index contributed by atoms with van der Waals surface area (Å²) in [7, 11) is 0. The Morgan fingerprint density at radius 2 is 1.71 bits per heavy atom. The highest BCUT2D eigenvalue weighted by Crippen LogP contribution is 2.51. The summed E-state index contributed by atoms with van der Waals surface area (Å²) in [6, 6.07) is 14.4. The van der Waals surface area contributed by atoms with Crippen molar-refractivity contribution in [3.05, 3.63) is 76.9 Å². The number of nitrogens with zero attached hydrogens (tertiary/aromatic N) is 2. The van der Waals surface area contributed by atoms with Crippen molar-refractivity contribution in [1.29, 1.82) is 0 Å². The fraction of sp³-hybridized carbons (Fsp3) is 0.514. The normalized spacial score (nSPS) is 16.8. The van der Waals surface area contributed by atoms with Gasteiger partial charge in [-0.2, -0.15) is 0 Å². The molecule has 2 heterocycles. The van der Waals surface area contributed by atoms with E-state index in [-0.39, 0.29) is 5.82 Å². The van der Waals surface area contributed by atoms with Gasteiger partial charge in [0.2, 0.25) is 0 Å². The van der Waals surface area contributed by atoms with Gasteiger partial charge in [0.05, 0.1) is 30.2 Å². The lowest BCUT2D eigenvalue weighted by molar-refractivity contribution is -0.160. The van der Waals surface area contributed by atoms with Crippen molar-refractivity contribution in [3.8, 4) is 16.9 Å².